The van der Waals surface area contributed by atoms with Crippen molar-refractivity contribution in [1.29, 1.82) is 0 Å². The number of nitrogens with zero attached hydrogens (tertiary/aromatic N) is 2. The second kappa shape index (κ2) is 5.99. The van der Waals surface area contributed by atoms with Gasteiger partial charge in [0.15, 0.2) is 0 Å². The molecule has 2 N–H and O–H groups in total. The first kappa shape index (κ1) is 13.8. The minimum absolute atomic E-state index is 0.0295. The van der Waals surface area contributed by atoms with Gasteiger partial charge in [-0.1, -0.05) is 32.0 Å². The highest BCUT2D eigenvalue weighted by atomic mass is 16.5. The van der Waals surface area contributed by atoms with Gasteiger partial charge in [-0.3, -0.25) is 0 Å². The van der Waals surface area contributed by atoms with E-state index in [0.717, 1.165) is 16.9 Å². The monoisotopic (exact) mass is 259 g/mol. The van der Waals surface area contributed by atoms with Crippen molar-refractivity contribution in [2.75, 3.05) is 7.11 Å². The third kappa shape index (κ3) is 2.85. The smallest absolute Gasteiger partial charge is 0.0994 e. The number of hydrogen-bond donors (Lipinski definition) is 1. The van der Waals surface area contributed by atoms with E-state index in [0.29, 0.717) is 12.5 Å². The Kier molecular flexibility index (Phi) is 4.35. The number of imidazole rings is 1. The molecule has 0 amide bonds. The van der Waals surface area contributed by atoms with Crippen molar-refractivity contribution in [3.8, 4) is 5.69 Å². The molecule has 1 heterocycles. The molecule has 4 nitrogen and oxygen atoms in total. The fourth-order valence-electron chi connectivity index (χ4n) is 2.12. The molecule has 0 fully saturated rings. The van der Waals surface area contributed by atoms with Crippen LogP contribution < -0.4 is 5.73 Å². The van der Waals surface area contributed by atoms with Crippen molar-refractivity contribution in [2.45, 2.75) is 26.5 Å². The van der Waals surface area contributed by atoms with E-state index in [4.69, 9.17) is 10.5 Å². The molecule has 0 radical (unpaired) electrons. The number of aromatic nitrogens is 2. The van der Waals surface area contributed by atoms with Gasteiger partial charge in [0.1, 0.15) is 0 Å². The average Bonchev–Trinajstić information content (AvgIpc) is 2.87. The van der Waals surface area contributed by atoms with Gasteiger partial charge in [-0.15, -0.1) is 0 Å². The molecule has 0 saturated heterocycles. The van der Waals surface area contributed by atoms with Gasteiger partial charge in [0.05, 0.1) is 30.5 Å². The number of para-hydroxylation sites is 1. The number of benzene rings is 1. The van der Waals surface area contributed by atoms with Crippen molar-refractivity contribution >= 4 is 0 Å². The molecule has 4 heteroatoms. The summed E-state index contributed by atoms with van der Waals surface area (Å²) in [6.45, 7) is 4.80. The van der Waals surface area contributed by atoms with Gasteiger partial charge in [-0.05, 0) is 12.0 Å². The molecule has 0 aliphatic carbocycles. The van der Waals surface area contributed by atoms with Crippen LogP contribution in [0.5, 0.6) is 0 Å². The molecule has 0 aliphatic heterocycles. The van der Waals surface area contributed by atoms with E-state index in [1.54, 1.807) is 7.11 Å². The summed E-state index contributed by atoms with van der Waals surface area (Å²) in [5.74, 6) is 0.366. The van der Waals surface area contributed by atoms with Crippen molar-refractivity contribution in [1.82, 2.24) is 9.55 Å². The number of hydrogen-bond acceptors (Lipinski definition) is 3. The lowest BCUT2D eigenvalue weighted by molar-refractivity contribution is 0.184. The summed E-state index contributed by atoms with van der Waals surface area (Å²) in [7, 11) is 1.70. The molecule has 102 valence electrons. The summed E-state index contributed by atoms with van der Waals surface area (Å²) in [6, 6.07) is 8.12. The van der Waals surface area contributed by atoms with Gasteiger partial charge in [0.2, 0.25) is 0 Å². The van der Waals surface area contributed by atoms with Crippen LogP contribution in [0.1, 0.15) is 31.1 Å². The van der Waals surface area contributed by atoms with Gasteiger partial charge < -0.3 is 15.0 Å². The fraction of sp³-hybridized carbons (Fsp3) is 0.400. The van der Waals surface area contributed by atoms with Crippen LogP contribution in [0.3, 0.4) is 0 Å². The lowest BCUT2D eigenvalue weighted by Gasteiger charge is -2.19. The molecular weight excluding hydrogens is 238 g/mol. The minimum atomic E-state index is -0.0295. The largest absolute Gasteiger partial charge is 0.380 e. The molecule has 1 aromatic carbocycles. The summed E-state index contributed by atoms with van der Waals surface area (Å²) < 4.78 is 7.30. The van der Waals surface area contributed by atoms with Gasteiger partial charge in [-0.2, -0.15) is 0 Å². The molecule has 2 rings (SSSR count). The topological polar surface area (TPSA) is 53.1 Å². The zero-order chi connectivity index (χ0) is 13.8. The third-order valence-corrected chi connectivity index (χ3v) is 3.28. The highest BCUT2D eigenvalue weighted by Crippen LogP contribution is 2.24. The minimum Gasteiger partial charge on any atom is -0.380 e. The lowest BCUT2D eigenvalue weighted by atomic mass is 10.0. The third-order valence-electron chi connectivity index (χ3n) is 3.28. The standard InChI is InChI=1S/C15H21N3O/c1-11(2)15(16)14-8-17-10-18(14)13-7-5-4-6-12(13)9-19-3/h4-8,10-11,15H,9,16H2,1-3H3. The highest BCUT2D eigenvalue weighted by Gasteiger charge is 2.17. The average molecular weight is 259 g/mol. The Balaban J connectivity index is 2.45. The van der Waals surface area contributed by atoms with E-state index in [1.807, 2.05) is 24.7 Å². The maximum Gasteiger partial charge on any atom is 0.0994 e. The van der Waals surface area contributed by atoms with Crippen LogP contribution in [0.4, 0.5) is 0 Å². The summed E-state index contributed by atoms with van der Waals surface area (Å²) >= 11 is 0. The Morgan fingerprint density at radius 2 is 2.05 bits per heavy atom. The van der Waals surface area contributed by atoms with E-state index in [2.05, 4.69) is 35.5 Å². The number of nitrogens with two attached hydrogens (primary N) is 1. The highest BCUT2D eigenvalue weighted by molar-refractivity contribution is 5.42. The normalized spacial score (nSPS) is 12.9. The van der Waals surface area contributed by atoms with E-state index in [9.17, 15) is 0 Å². The van der Waals surface area contributed by atoms with Crippen molar-refractivity contribution in [3.05, 3.63) is 48.0 Å². The maximum absolute atomic E-state index is 6.25. The van der Waals surface area contributed by atoms with Gasteiger partial charge >= 0.3 is 0 Å². The zero-order valence-electron chi connectivity index (χ0n) is 11.7. The quantitative estimate of drug-likeness (QED) is 0.898. The molecule has 0 spiro atoms. The van der Waals surface area contributed by atoms with E-state index in [1.165, 1.54) is 0 Å². The first-order valence-corrected chi connectivity index (χ1v) is 6.50. The number of ether oxygens (including phenoxy) is 1. The van der Waals surface area contributed by atoms with Crippen LogP contribution in [0.15, 0.2) is 36.8 Å². The van der Waals surface area contributed by atoms with Crippen molar-refractivity contribution < 1.29 is 4.74 Å². The molecule has 1 aromatic heterocycles. The van der Waals surface area contributed by atoms with Gasteiger partial charge in [0.25, 0.3) is 0 Å². The van der Waals surface area contributed by atoms with Crippen LogP contribution in [-0.2, 0) is 11.3 Å². The summed E-state index contributed by atoms with van der Waals surface area (Å²) in [6.07, 6.45) is 3.65. The number of methoxy groups -OCH3 is 1. The first-order chi connectivity index (χ1) is 9.15. The van der Waals surface area contributed by atoms with Crippen LogP contribution in [0.25, 0.3) is 5.69 Å². The Labute approximate surface area is 114 Å². The molecular formula is C15H21N3O. The van der Waals surface area contributed by atoms with Gasteiger partial charge in [-0.25, -0.2) is 4.98 Å². The predicted molar refractivity (Wildman–Crippen MR) is 76.0 cm³/mol. The Bertz CT molecular complexity index is 534. The number of rotatable bonds is 5. The van der Waals surface area contributed by atoms with Crippen molar-refractivity contribution in [3.63, 3.8) is 0 Å². The van der Waals surface area contributed by atoms with Crippen LogP contribution in [0.2, 0.25) is 0 Å². The molecule has 2 aromatic rings. The maximum atomic E-state index is 6.25. The predicted octanol–water partition coefficient (Wildman–Crippen LogP) is 2.67. The fourth-order valence-corrected chi connectivity index (χ4v) is 2.12. The second-order valence-electron chi connectivity index (χ2n) is 5.02. The van der Waals surface area contributed by atoms with Crippen molar-refractivity contribution in [2.24, 2.45) is 11.7 Å². The SMILES string of the molecule is COCc1ccccc1-n1cncc1C(N)C(C)C. The summed E-state index contributed by atoms with van der Waals surface area (Å²) in [4.78, 5) is 4.25. The lowest BCUT2D eigenvalue weighted by Crippen LogP contribution is -2.20. The molecule has 1 atom stereocenters. The molecule has 0 bridgehead atoms. The zero-order valence-corrected chi connectivity index (χ0v) is 11.7. The molecule has 0 saturated carbocycles. The first-order valence-electron chi connectivity index (χ1n) is 6.50. The molecule has 0 aliphatic rings. The van der Waals surface area contributed by atoms with E-state index >= 15 is 0 Å². The Morgan fingerprint density at radius 3 is 2.74 bits per heavy atom. The Hall–Kier alpha value is -1.65. The summed E-state index contributed by atoms with van der Waals surface area (Å²) in [5.41, 5.74) is 9.48. The van der Waals surface area contributed by atoms with E-state index in [-0.39, 0.29) is 6.04 Å². The van der Waals surface area contributed by atoms with E-state index < -0.39 is 0 Å². The Morgan fingerprint density at radius 1 is 1.32 bits per heavy atom. The molecule has 19 heavy (non-hydrogen) atoms. The summed E-state index contributed by atoms with van der Waals surface area (Å²) in [5, 5.41) is 0. The second-order valence-corrected chi connectivity index (χ2v) is 5.02. The van der Waals surface area contributed by atoms with Crippen LogP contribution >= 0.6 is 0 Å². The van der Waals surface area contributed by atoms with Crippen LogP contribution in [-0.4, -0.2) is 16.7 Å². The van der Waals surface area contributed by atoms with Gasteiger partial charge in [0, 0.05) is 18.7 Å². The van der Waals surface area contributed by atoms with Crippen LogP contribution in [0, 0.1) is 5.92 Å². The molecule has 1 unspecified atom stereocenters.